The molecule has 1 aromatic heterocycles. The van der Waals surface area contributed by atoms with Crippen molar-refractivity contribution in [2.75, 3.05) is 31.7 Å². The smallest absolute Gasteiger partial charge is 0.260 e. The number of sulfonamides is 1. The Morgan fingerprint density at radius 3 is 2.50 bits per heavy atom. The first-order valence-electron chi connectivity index (χ1n) is 13.4. The molecule has 1 atom stereocenters. The number of nitrogens with zero attached hydrogens (tertiary/aromatic N) is 3. The largest absolute Gasteiger partial charge is 0.494 e. The minimum Gasteiger partial charge on any atom is -0.494 e. The molecule has 1 aliphatic carbocycles. The minimum absolute atomic E-state index is 0.0398. The fourth-order valence-electron chi connectivity index (χ4n) is 5.49. The number of fused-ring (bicyclic) bond motifs is 1. The zero-order valence-electron chi connectivity index (χ0n) is 22.0. The van der Waals surface area contributed by atoms with Gasteiger partial charge in [0.25, 0.3) is 5.91 Å². The maximum atomic E-state index is 13.8. The van der Waals surface area contributed by atoms with E-state index >= 15 is 0 Å². The lowest BCUT2D eigenvalue weighted by molar-refractivity contribution is 0.0917. The number of hydrogen-bond acceptors (Lipinski definition) is 7. The lowest BCUT2D eigenvalue weighted by Crippen LogP contribution is -2.41. The highest BCUT2D eigenvalue weighted by Crippen LogP contribution is 2.35. The number of thiazole rings is 1. The third kappa shape index (κ3) is 5.45. The van der Waals surface area contributed by atoms with Crippen molar-refractivity contribution in [3.05, 3.63) is 48.0 Å². The van der Waals surface area contributed by atoms with Gasteiger partial charge in [0.15, 0.2) is 5.13 Å². The summed E-state index contributed by atoms with van der Waals surface area (Å²) in [6, 6.07) is 12.1. The molecule has 10 heteroatoms. The summed E-state index contributed by atoms with van der Waals surface area (Å²) in [7, 11) is -2.04. The molecule has 1 saturated heterocycles. The van der Waals surface area contributed by atoms with Gasteiger partial charge in [0, 0.05) is 24.8 Å². The van der Waals surface area contributed by atoms with Gasteiger partial charge in [0.05, 0.1) is 29.4 Å². The van der Waals surface area contributed by atoms with Crippen LogP contribution in [0, 0.1) is 0 Å². The second kappa shape index (κ2) is 11.7. The van der Waals surface area contributed by atoms with Crippen LogP contribution in [0.3, 0.4) is 0 Å². The van der Waals surface area contributed by atoms with Crippen molar-refractivity contribution in [1.29, 1.82) is 0 Å². The van der Waals surface area contributed by atoms with Gasteiger partial charge in [-0.2, -0.15) is 4.31 Å². The topological polar surface area (TPSA) is 89.0 Å². The molecule has 204 valence electrons. The Hall–Kier alpha value is -2.53. The van der Waals surface area contributed by atoms with E-state index in [-0.39, 0.29) is 22.9 Å². The maximum Gasteiger partial charge on any atom is 0.260 e. The van der Waals surface area contributed by atoms with Gasteiger partial charge in [0.1, 0.15) is 11.3 Å². The molecule has 2 aliphatic rings. The first kappa shape index (κ1) is 27.1. The fraction of sp³-hybridized carbons (Fsp3) is 0.500. The Bertz CT molecular complexity index is 1360. The Kier molecular flexibility index (Phi) is 8.32. The molecule has 1 aliphatic heterocycles. The number of benzene rings is 2. The van der Waals surface area contributed by atoms with Crippen LogP contribution in [0.15, 0.2) is 47.4 Å². The van der Waals surface area contributed by atoms with Gasteiger partial charge >= 0.3 is 0 Å². The summed E-state index contributed by atoms with van der Waals surface area (Å²) in [6.45, 7) is 3.39. The van der Waals surface area contributed by atoms with E-state index < -0.39 is 10.0 Å². The van der Waals surface area contributed by atoms with Crippen LogP contribution in [0.2, 0.25) is 0 Å². The van der Waals surface area contributed by atoms with E-state index in [9.17, 15) is 13.2 Å². The van der Waals surface area contributed by atoms with Crippen molar-refractivity contribution < 1.29 is 22.7 Å². The van der Waals surface area contributed by atoms with E-state index in [1.54, 1.807) is 40.6 Å². The van der Waals surface area contributed by atoms with Gasteiger partial charge in [-0.25, -0.2) is 13.4 Å². The molecule has 2 heterocycles. The van der Waals surface area contributed by atoms with Crippen molar-refractivity contribution in [2.24, 2.45) is 0 Å². The third-order valence-electron chi connectivity index (χ3n) is 7.48. The molecule has 0 spiro atoms. The second-order valence-electron chi connectivity index (χ2n) is 9.88. The van der Waals surface area contributed by atoms with Crippen molar-refractivity contribution in [1.82, 2.24) is 9.29 Å². The molecule has 1 amide bonds. The lowest BCUT2D eigenvalue weighted by Gasteiger charge is -2.32. The number of carbonyl (C=O) groups is 1. The standard InChI is InChI=1S/C28H35N3O5S2/c1-3-31(21-9-5-4-6-10-21)38(33,34)23-16-14-20(15-17-23)27(32)30(19-22-11-8-18-36-22)28-29-26-24(35-2)12-7-13-25(26)37-28/h7,12-17,21-22H,3-6,8-11,18-19H2,1-2H3. The quantitative estimate of drug-likeness (QED) is 0.346. The van der Waals surface area contributed by atoms with E-state index in [1.807, 2.05) is 25.1 Å². The summed E-state index contributed by atoms with van der Waals surface area (Å²) in [5, 5.41) is 0.566. The van der Waals surface area contributed by atoms with E-state index in [0.29, 0.717) is 41.7 Å². The predicted octanol–water partition coefficient (Wildman–Crippen LogP) is 5.47. The summed E-state index contributed by atoms with van der Waals surface area (Å²) >= 11 is 1.43. The van der Waals surface area contributed by atoms with Crippen LogP contribution in [0.4, 0.5) is 5.13 Å². The Labute approximate surface area is 228 Å². The summed E-state index contributed by atoms with van der Waals surface area (Å²) in [6.07, 6.45) is 6.84. The van der Waals surface area contributed by atoms with E-state index in [4.69, 9.17) is 14.5 Å². The predicted molar refractivity (Wildman–Crippen MR) is 150 cm³/mol. The third-order valence-corrected chi connectivity index (χ3v) is 10.6. The lowest BCUT2D eigenvalue weighted by atomic mass is 9.95. The van der Waals surface area contributed by atoms with Crippen LogP contribution < -0.4 is 9.64 Å². The number of hydrogen-bond donors (Lipinski definition) is 0. The van der Waals surface area contributed by atoms with E-state index in [0.717, 1.165) is 49.6 Å². The maximum absolute atomic E-state index is 13.8. The molecule has 2 aromatic carbocycles. The van der Waals surface area contributed by atoms with Gasteiger partial charge in [-0.15, -0.1) is 0 Å². The number of para-hydroxylation sites is 1. The molecule has 0 radical (unpaired) electrons. The fourth-order valence-corrected chi connectivity index (χ4v) is 8.17. The number of anilines is 1. The number of ether oxygens (including phenoxy) is 2. The molecular formula is C28H35N3O5S2. The van der Waals surface area contributed by atoms with Crippen LogP contribution in [-0.2, 0) is 14.8 Å². The number of aromatic nitrogens is 1. The number of amides is 1. The molecule has 1 unspecified atom stereocenters. The van der Waals surface area contributed by atoms with Gasteiger partial charge in [-0.1, -0.05) is 43.6 Å². The monoisotopic (exact) mass is 557 g/mol. The molecule has 2 fully saturated rings. The average molecular weight is 558 g/mol. The highest BCUT2D eigenvalue weighted by Gasteiger charge is 2.32. The molecule has 8 nitrogen and oxygen atoms in total. The van der Waals surface area contributed by atoms with Crippen molar-refractivity contribution >= 4 is 42.6 Å². The van der Waals surface area contributed by atoms with Gasteiger partial charge in [0.2, 0.25) is 10.0 Å². The molecular weight excluding hydrogens is 522 g/mol. The van der Waals surface area contributed by atoms with Crippen LogP contribution in [0.25, 0.3) is 10.2 Å². The van der Waals surface area contributed by atoms with E-state index in [2.05, 4.69) is 0 Å². The van der Waals surface area contributed by atoms with Gasteiger partial charge in [-0.3, -0.25) is 9.69 Å². The van der Waals surface area contributed by atoms with Crippen molar-refractivity contribution in [3.63, 3.8) is 0 Å². The molecule has 38 heavy (non-hydrogen) atoms. The van der Waals surface area contributed by atoms with Crippen molar-refractivity contribution in [3.8, 4) is 5.75 Å². The number of carbonyl (C=O) groups excluding carboxylic acids is 1. The van der Waals surface area contributed by atoms with Crippen LogP contribution >= 0.6 is 11.3 Å². The SMILES string of the molecule is CCN(C1CCCCC1)S(=O)(=O)c1ccc(C(=O)N(CC2CCCO2)c2nc3c(OC)cccc3s2)cc1. The van der Waals surface area contributed by atoms with Gasteiger partial charge in [-0.05, 0) is 62.1 Å². The van der Waals surface area contributed by atoms with Gasteiger partial charge < -0.3 is 9.47 Å². The zero-order chi connectivity index (χ0) is 26.7. The summed E-state index contributed by atoms with van der Waals surface area (Å²) in [5.74, 6) is 0.421. The Balaban J connectivity index is 1.43. The highest BCUT2D eigenvalue weighted by atomic mass is 32.2. The Morgan fingerprint density at radius 1 is 1.08 bits per heavy atom. The number of methoxy groups -OCH3 is 1. The summed E-state index contributed by atoms with van der Waals surface area (Å²) < 4.78 is 40.8. The molecule has 0 N–H and O–H groups in total. The minimum atomic E-state index is -3.65. The van der Waals surface area contributed by atoms with Crippen LogP contribution in [-0.4, -0.2) is 62.6 Å². The molecule has 1 saturated carbocycles. The highest BCUT2D eigenvalue weighted by molar-refractivity contribution is 7.89. The zero-order valence-corrected chi connectivity index (χ0v) is 23.6. The summed E-state index contributed by atoms with van der Waals surface area (Å²) in [5.41, 5.74) is 1.12. The second-order valence-corrected chi connectivity index (χ2v) is 12.8. The molecule has 0 bridgehead atoms. The molecule has 3 aromatic rings. The summed E-state index contributed by atoms with van der Waals surface area (Å²) in [4.78, 5) is 20.4. The first-order valence-corrected chi connectivity index (χ1v) is 15.7. The van der Waals surface area contributed by atoms with Crippen LogP contribution in [0.1, 0.15) is 62.2 Å². The molecule has 5 rings (SSSR count). The normalized spacial score (nSPS) is 18.8. The average Bonchev–Trinajstić information content (AvgIpc) is 3.62. The Morgan fingerprint density at radius 2 is 1.84 bits per heavy atom. The van der Waals surface area contributed by atoms with Crippen molar-refractivity contribution in [2.45, 2.75) is 68.9 Å². The number of rotatable bonds is 9. The van der Waals surface area contributed by atoms with E-state index in [1.165, 1.54) is 11.3 Å². The van der Waals surface area contributed by atoms with Crippen LogP contribution in [0.5, 0.6) is 5.75 Å². The first-order chi connectivity index (χ1) is 18.4.